The second-order valence-electron chi connectivity index (χ2n) is 16.0. The second-order valence-corrected chi connectivity index (χ2v) is 16.0. The SMILES string of the molecule is c1ccc(-c2nc(-c3ccccc3)nc(-c3cccc4c3oc3ccc(-n5c6ccccc6c6cc(-c7ccc8c(c7)c7ccccc7n8-c7ccccc7)ccc65)cc34)n2)cc1. The van der Waals surface area contributed by atoms with Gasteiger partial charge in [0.2, 0.25) is 0 Å². The Morgan fingerprint density at radius 1 is 0.302 bits per heavy atom. The summed E-state index contributed by atoms with van der Waals surface area (Å²) < 4.78 is 11.5. The van der Waals surface area contributed by atoms with E-state index in [1.807, 2.05) is 66.7 Å². The van der Waals surface area contributed by atoms with Crippen LogP contribution in [0.25, 0.3) is 122 Å². The van der Waals surface area contributed by atoms with Gasteiger partial charge in [-0.05, 0) is 83.9 Å². The van der Waals surface area contributed by atoms with E-state index in [1.54, 1.807) is 0 Å². The number of benzene rings is 9. The van der Waals surface area contributed by atoms with E-state index in [0.717, 1.165) is 61.0 Å². The number of nitrogens with zero attached hydrogens (tertiary/aromatic N) is 5. The third-order valence-electron chi connectivity index (χ3n) is 12.4. The molecule has 6 heteroatoms. The van der Waals surface area contributed by atoms with Gasteiger partial charge in [0.15, 0.2) is 17.5 Å². The number of fused-ring (bicyclic) bond motifs is 9. The highest BCUT2D eigenvalue weighted by Crippen LogP contribution is 2.41. The molecule has 0 aliphatic heterocycles. The van der Waals surface area contributed by atoms with E-state index in [9.17, 15) is 0 Å². The highest BCUT2D eigenvalue weighted by molar-refractivity contribution is 6.14. The summed E-state index contributed by atoms with van der Waals surface area (Å²) in [6, 6.07) is 74.6. The monoisotopic (exact) mass is 805 g/mol. The van der Waals surface area contributed by atoms with E-state index in [-0.39, 0.29) is 0 Å². The molecule has 6 nitrogen and oxygen atoms in total. The molecule has 0 atom stereocenters. The Morgan fingerprint density at radius 3 is 1.40 bits per heavy atom. The predicted molar refractivity (Wildman–Crippen MR) is 258 cm³/mol. The molecule has 294 valence electrons. The van der Waals surface area contributed by atoms with Crippen LogP contribution in [0.15, 0.2) is 217 Å². The van der Waals surface area contributed by atoms with Crippen molar-refractivity contribution < 1.29 is 4.42 Å². The second kappa shape index (κ2) is 14.0. The summed E-state index contributed by atoms with van der Waals surface area (Å²) in [5.41, 5.74) is 13.5. The minimum absolute atomic E-state index is 0.562. The number of aromatic nitrogens is 5. The summed E-state index contributed by atoms with van der Waals surface area (Å²) in [4.78, 5) is 15.0. The van der Waals surface area contributed by atoms with E-state index in [0.29, 0.717) is 17.5 Å². The zero-order chi connectivity index (χ0) is 41.4. The molecule has 13 rings (SSSR count). The van der Waals surface area contributed by atoms with E-state index in [1.165, 1.54) is 43.7 Å². The van der Waals surface area contributed by atoms with Gasteiger partial charge in [0, 0.05) is 54.8 Å². The van der Waals surface area contributed by atoms with Gasteiger partial charge >= 0.3 is 0 Å². The van der Waals surface area contributed by atoms with Crippen molar-refractivity contribution in [3.05, 3.63) is 212 Å². The van der Waals surface area contributed by atoms with Crippen molar-refractivity contribution >= 4 is 65.6 Å². The maximum Gasteiger partial charge on any atom is 0.167 e. The number of rotatable bonds is 6. The molecule has 0 saturated heterocycles. The first-order chi connectivity index (χ1) is 31.2. The number of para-hydroxylation sites is 4. The van der Waals surface area contributed by atoms with Crippen molar-refractivity contribution in [3.8, 4) is 56.7 Å². The van der Waals surface area contributed by atoms with Crippen molar-refractivity contribution in [2.45, 2.75) is 0 Å². The first-order valence-corrected chi connectivity index (χ1v) is 21.2. The summed E-state index contributed by atoms with van der Waals surface area (Å²) in [5, 5.41) is 6.91. The lowest BCUT2D eigenvalue weighted by atomic mass is 10.0. The number of furan rings is 1. The molecule has 4 aromatic heterocycles. The molecule has 0 unspecified atom stereocenters. The molecular formula is C57H35N5O. The van der Waals surface area contributed by atoms with Crippen LogP contribution in [0.5, 0.6) is 0 Å². The quantitative estimate of drug-likeness (QED) is 0.168. The van der Waals surface area contributed by atoms with Crippen LogP contribution in [0, 0.1) is 0 Å². The lowest BCUT2D eigenvalue weighted by molar-refractivity contribution is 0.669. The molecule has 0 radical (unpaired) electrons. The average molecular weight is 806 g/mol. The summed E-state index contributed by atoms with van der Waals surface area (Å²) in [5.74, 6) is 1.79. The van der Waals surface area contributed by atoms with Crippen LogP contribution in [0.3, 0.4) is 0 Å². The van der Waals surface area contributed by atoms with Gasteiger partial charge < -0.3 is 13.6 Å². The Kier molecular flexibility index (Phi) is 7.80. The molecule has 63 heavy (non-hydrogen) atoms. The van der Waals surface area contributed by atoms with Gasteiger partial charge in [0.1, 0.15) is 11.2 Å². The van der Waals surface area contributed by atoms with Crippen LogP contribution in [-0.4, -0.2) is 24.1 Å². The summed E-state index contributed by atoms with van der Waals surface area (Å²) in [6.07, 6.45) is 0. The van der Waals surface area contributed by atoms with E-state index >= 15 is 0 Å². The third kappa shape index (κ3) is 5.62. The van der Waals surface area contributed by atoms with Crippen molar-refractivity contribution in [3.63, 3.8) is 0 Å². The minimum Gasteiger partial charge on any atom is -0.455 e. The summed E-state index contributed by atoms with van der Waals surface area (Å²) in [6.45, 7) is 0. The molecule has 0 N–H and O–H groups in total. The molecule has 0 amide bonds. The maximum absolute atomic E-state index is 6.71. The Bertz CT molecular complexity index is 3850. The highest BCUT2D eigenvalue weighted by Gasteiger charge is 2.20. The smallest absolute Gasteiger partial charge is 0.167 e. The molecule has 4 heterocycles. The van der Waals surface area contributed by atoms with E-state index in [4.69, 9.17) is 19.4 Å². The summed E-state index contributed by atoms with van der Waals surface area (Å²) >= 11 is 0. The van der Waals surface area contributed by atoms with Crippen LogP contribution in [0.1, 0.15) is 0 Å². The Morgan fingerprint density at radius 2 is 0.794 bits per heavy atom. The van der Waals surface area contributed by atoms with Crippen LogP contribution >= 0.6 is 0 Å². The molecule has 13 aromatic rings. The number of hydrogen-bond acceptors (Lipinski definition) is 4. The molecule has 0 aliphatic rings. The number of hydrogen-bond donors (Lipinski definition) is 0. The lowest BCUT2D eigenvalue weighted by Crippen LogP contribution is -2.00. The first kappa shape index (κ1) is 35.2. The Balaban J connectivity index is 0.943. The standard InChI is InChI=1S/C57H35N5O/c1-4-15-36(16-5-1)55-58-56(37-17-6-2-7-18-37)60-57(59-55)45-24-14-23-44-48-35-41(29-32-53(48)63-54(44)45)62-50-26-13-11-22-43(50)47-34-39(28-31-52(47)62)38-27-30-51-46(33-38)42-21-10-12-25-49(42)61(51)40-19-8-3-9-20-40/h1-35H. The average Bonchev–Trinajstić information content (AvgIpc) is 4.01. The Hall–Kier alpha value is -8.61. The highest BCUT2D eigenvalue weighted by atomic mass is 16.3. The molecule has 0 fully saturated rings. The van der Waals surface area contributed by atoms with Gasteiger partial charge in [-0.1, -0.05) is 140 Å². The van der Waals surface area contributed by atoms with Crippen molar-refractivity contribution in [2.75, 3.05) is 0 Å². The predicted octanol–water partition coefficient (Wildman–Crippen LogP) is 14.6. The van der Waals surface area contributed by atoms with Crippen LogP contribution in [0.4, 0.5) is 0 Å². The molecule has 0 spiro atoms. The van der Waals surface area contributed by atoms with Gasteiger partial charge in [-0.2, -0.15) is 0 Å². The maximum atomic E-state index is 6.71. The largest absolute Gasteiger partial charge is 0.455 e. The van der Waals surface area contributed by atoms with Gasteiger partial charge in [0.05, 0.1) is 27.6 Å². The fraction of sp³-hybridized carbons (Fsp3) is 0. The fourth-order valence-corrected chi connectivity index (χ4v) is 9.47. The van der Waals surface area contributed by atoms with E-state index < -0.39 is 0 Å². The van der Waals surface area contributed by atoms with Crippen molar-refractivity contribution in [2.24, 2.45) is 0 Å². The summed E-state index contributed by atoms with van der Waals surface area (Å²) in [7, 11) is 0. The van der Waals surface area contributed by atoms with Gasteiger partial charge in [-0.3, -0.25) is 0 Å². The fourth-order valence-electron chi connectivity index (χ4n) is 9.47. The first-order valence-electron chi connectivity index (χ1n) is 21.2. The van der Waals surface area contributed by atoms with Crippen LogP contribution in [-0.2, 0) is 0 Å². The topological polar surface area (TPSA) is 61.7 Å². The van der Waals surface area contributed by atoms with Crippen LogP contribution < -0.4 is 0 Å². The zero-order valence-corrected chi connectivity index (χ0v) is 33.9. The Labute approximate surface area is 361 Å². The van der Waals surface area contributed by atoms with Crippen LogP contribution in [0.2, 0.25) is 0 Å². The normalized spacial score (nSPS) is 11.8. The molecule has 0 saturated carbocycles. The van der Waals surface area contributed by atoms with Gasteiger partial charge in [-0.25, -0.2) is 15.0 Å². The zero-order valence-electron chi connectivity index (χ0n) is 33.9. The molecule has 0 bridgehead atoms. The van der Waals surface area contributed by atoms with Crippen molar-refractivity contribution in [1.82, 2.24) is 24.1 Å². The third-order valence-corrected chi connectivity index (χ3v) is 12.4. The molecular weight excluding hydrogens is 771 g/mol. The lowest BCUT2D eigenvalue weighted by Gasteiger charge is -2.09. The van der Waals surface area contributed by atoms with Gasteiger partial charge in [0.25, 0.3) is 0 Å². The van der Waals surface area contributed by atoms with Crippen molar-refractivity contribution in [1.29, 1.82) is 0 Å². The van der Waals surface area contributed by atoms with E-state index in [2.05, 4.69) is 155 Å². The molecule has 9 aromatic carbocycles. The van der Waals surface area contributed by atoms with Gasteiger partial charge in [-0.15, -0.1) is 0 Å². The minimum atomic E-state index is 0.562. The molecule has 0 aliphatic carbocycles.